The quantitative estimate of drug-likeness (QED) is 0.830. The second kappa shape index (κ2) is 6.52. The summed E-state index contributed by atoms with van der Waals surface area (Å²) in [6.07, 6.45) is 2.52. The van der Waals surface area contributed by atoms with Crippen molar-refractivity contribution >= 4 is 27.3 Å². The summed E-state index contributed by atoms with van der Waals surface area (Å²) in [6, 6.07) is 5.64. The molecule has 0 radical (unpaired) electrons. The van der Waals surface area contributed by atoms with Crippen molar-refractivity contribution in [3.05, 3.63) is 39.1 Å². The van der Waals surface area contributed by atoms with Gasteiger partial charge in [-0.1, -0.05) is 0 Å². The van der Waals surface area contributed by atoms with Gasteiger partial charge >= 0.3 is 0 Å². The van der Waals surface area contributed by atoms with Gasteiger partial charge in [0, 0.05) is 30.1 Å². The van der Waals surface area contributed by atoms with Crippen LogP contribution in [0.3, 0.4) is 0 Å². The van der Waals surface area contributed by atoms with Crippen LogP contribution in [0.25, 0.3) is 10.6 Å². The number of ether oxygens (including phenoxy) is 1. The number of hydrogen-bond donors (Lipinski definition) is 1. The van der Waals surface area contributed by atoms with Crippen LogP contribution >= 0.6 is 27.3 Å². The molecule has 0 aliphatic heterocycles. The van der Waals surface area contributed by atoms with Crippen molar-refractivity contribution in [2.75, 3.05) is 7.11 Å². The van der Waals surface area contributed by atoms with Crippen molar-refractivity contribution in [3.63, 3.8) is 0 Å². The highest BCUT2D eigenvalue weighted by molar-refractivity contribution is 9.10. The van der Waals surface area contributed by atoms with Gasteiger partial charge in [0.25, 0.3) is 0 Å². The third-order valence-corrected chi connectivity index (χ3v) is 5.11. The molecular weight excluding hydrogens is 355 g/mol. The summed E-state index contributed by atoms with van der Waals surface area (Å²) in [5, 5.41) is 4.40. The van der Waals surface area contributed by atoms with Gasteiger partial charge in [0.2, 0.25) is 0 Å². The topological polar surface area (TPSA) is 34.1 Å². The largest absolute Gasteiger partial charge is 0.378 e. The zero-order valence-electron chi connectivity index (χ0n) is 11.7. The number of halogens is 2. The average molecular weight is 371 g/mol. The molecule has 1 saturated carbocycles. The van der Waals surface area contributed by atoms with Crippen molar-refractivity contribution in [3.8, 4) is 10.6 Å². The van der Waals surface area contributed by atoms with E-state index in [1.165, 1.54) is 23.8 Å². The molecule has 0 unspecified atom stereocenters. The number of thiazole rings is 1. The van der Waals surface area contributed by atoms with Gasteiger partial charge in [0.05, 0.1) is 16.8 Å². The highest BCUT2D eigenvalue weighted by Gasteiger charge is 2.22. The molecule has 1 aromatic carbocycles. The second-order valence-electron chi connectivity index (χ2n) is 5.11. The van der Waals surface area contributed by atoms with Gasteiger partial charge < -0.3 is 10.1 Å². The SMILES string of the molecule is COCc1nc(-c2ccc(F)c(Br)c2)sc1CNC1CC1. The van der Waals surface area contributed by atoms with Crippen LogP contribution in [0.4, 0.5) is 4.39 Å². The number of hydrogen-bond acceptors (Lipinski definition) is 4. The van der Waals surface area contributed by atoms with Crippen LogP contribution in [0.15, 0.2) is 22.7 Å². The first-order valence-corrected chi connectivity index (χ1v) is 8.44. The number of aromatic nitrogens is 1. The van der Waals surface area contributed by atoms with E-state index in [1.807, 2.05) is 0 Å². The lowest BCUT2D eigenvalue weighted by atomic mass is 10.2. The molecule has 112 valence electrons. The summed E-state index contributed by atoms with van der Waals surface area (Å²) >= 11 is 4.86. The first-order valence-electron chi connectivity index (χ1n) is 6.83. The lowest BCUT2D eigenvalue weighted by Gasteiger charge is -2.02. The second-order valence-corrected chi connectivity index (χ2v) is 7.04. The van der Waals surface area contributed by atoms with E-state index in [9.17, 15) is 4.39 Å². The molecule has 1 aliphatic rings. The minimum Gasteiger partial charge on any atom is -0.378 e. The van der Waals surface area contributed by atoms with E-state index in [0.717, 1.165) is 22.8 Å². The molecule has 1 fully saturated rings. The maximum Gasteiger partial charge on any atom is 0.137 e. The first kappa shape index (κ1) is 15.1. The zero-order chi connectivity index (χ0) is 14.8. The molecule has 0 spiro atoms. The highest BCUT2D eigenvalue weighted by Crippen LogP contribution is 2.31. The molecule has 1 N–H and O–H groups in total. The van der Waals surface area contributed by atoms with Crippen molar-refractivity contribution in [2.24, 2.45) is 0 Å². The summed E-state index contributed by atoms with van der Waals surface area (Å²) in [5.41, 5.74) is 1.88. The molecule has 3 nitrogen and oxygen atoms in total. The number of nitrogens with zero attached hydrogens (tertiary/aromatic N) is 1. The Balaban J connectivity index is 1.86. The predicted octanol–water partition coefficient (Wildman–Crippen LogP) is 4.11. The minimum absolute atomic E-state index is 0.261. The molecule has 1 heterocycles. The Morgan fingerprint density at radius 3 is 2.95 bits per heavy atom. The van der Waals surface area contributed by atoms with E-state index >= 15 is 0 Å². The molecule has 0 atom stereocenters. The van der Waals surface area contributed by atoms with Gasteiger partial charge in [0.15, 0.2) is 0 Å². The predicted molar refractivity (Wildman–Crippen MR) is 85.8 cm³/mol. The third kappa shape index (κ3) is 3.69. The molecule has 0 saturated heterocycles. The van der Waals surface area contributed by atoms with Gasteiger partial charge in [0.1, 0.15) is 10.8 Å². The Kier molecular flexibility index (Phi) is 4.69. The van der Waals surface area contributed by atoms with E-state index in [2.05, 4.69) is 26.2 Å². The summed E-state index contributed by atoms with van der Waals surface area (Å²) in [6.45, 7) is 1.32. The monoisotopic (exact) mass is 370 g/mol. The normalized spacial score (nSPS) is 14.6. The van der Waals surface area contributed by atoms with Gasteiger partial charge in [-0.2, -0.15) is 0 Å². The molecule has 1 aromatic heterocycles. The van der Waals surface area contributed by atoms with Gasteiger partial charge in [-0.25, -0.2) is 9.37 Å². The van der Waals surface area contributed by atoms with E-state index in [1.54, 1.807) is 30.6 Å². The fourth-order valence-corrected chi connectivity index (χ4v) is 3.44. The minimum atomic E-state index is -0.261. The standard InChI is InChI=1S/C15H16BrFN2OS/c1-20-8-13-14(7-18-10-3-4-10)21-15(19-13)9-2-5-12(17)11(16)6-9/h2,5-6,10,18H,3-4,7-8H2,1H3. The van der Waals surface area contributed by atoms with Gasteiger partial charge in [-0.15, -0.1) is 11.3 Å². The molecule has 3 rings (SSSR count). The smallest absolute Gasteiger partial charge is 0.137 e. The summed E-state index contributed by atoms with van der Waals surface area (Å²) in [7, 11) is 1.67. The molecule has 6 heteroatoms. The van der Waals surface area contributed by atoms with Crippen LogP contribution in [0.1, 0.15) is 23.4 Å². The van der Waals surface area contributed by atoms with Crippen molar-refractivity contribution in [1.82, 2.24) is 10.3 Å². The van der Waals surface area contributed by atoms with Crippen LogP contribution in [0.5, 0.6) is 0 Å². The average Bonchev–Trinajstić information content (AvgIpc) is 3.21. The van der Waals surface area contributed by atoms with E-state index in [-0.39, 0.29) is 5.82 Å². The van der Waals surface area contributed by atoms with Crippen LogP contribution in [-0.2, 0) is 17.9 Å². The summed E-state index contributed by atoms with van der Waals surface area (Å²) in [4.78, 5) is 5.84. The third-order valence-electron chi connectivity index (χ3n) is 3.35. The fourth-order valence-electron chi connectivity index (χ4n) is 2.05. The van der Waals surface area contributed by atoms with Crippen molar-refractivity contribution < 1.29 is 9.13 Å². The van der Waals surface area contributed by atoms with E-state index in [0.29, 0.717) is 17.1 Å². The Hall–Kier alpha value is -0.820. The molecule has 21 heavy (non-hydrogen) atoms. The fraction of sp³-hybridized carbons (Fsp3) is 0.400. The maximum absolute atomic E-state index is 13.3. The van der Waals surface area contributed by atoms with E-state index in [4.69, 9.17) is 4.74 Å². The Bertz CT molecular complexity index is 643. The Morgan fingerprint density at radius 2 is 2.29 bits per heavy atom. The zero-order valence-corrected chi connectivity index (χ0v) is 14.1. The molecule has 0 amide bonds. The number of benzene rings is 1. The summed E-state index contributed by atoms with van der Waals surface area (Å²) < 4.78 is 19.0. The van der Waals surface area contributed by atoms with Crippen LogP contribution in [0, 0.1) is 5.82 Å². The van der Waals surface area contributed by atoms with Gasteiger partial charge in [-0.3, -0.25) is 0 Å². The van der Waals surface area contributed by atoms with Crippen LogP contribution in [-0.4, -0.2) is 18.1 Å². The number of nitrogens with one attached hydrogen (secondary N) is 1. The lowest BCUT2D eigenvalue weighted by Crippen LogP contribution is -2.15. The maximum atomic E-state index is 13.3. The molecular formula is C15H16BrFN2OS. The van der Waals surface area contributed by atoms with Gasteiger partial charge in [-0.05, 0) is 47.0 Å². The van der Waals surface area contributed by atoms with E-state index < -0.39 is 0 Å². The summed E-state index contributed by atoms with van der Waals surface area (Å²) in [5.74, 6) is -0.261. The molecule has 2 aromatic rings. The lowest BCUT2D eigenvalue weighted by molar-refractivity contribution is 0.181. The Labute approximate surface area is 135 Å². The number of rotatable bonds is 6. The first-order chi connectivity index (χ1) is 10.2. The van der Waals surface area contributed by atoms with Crippen LogP contribution in [0.2, 0.25) is 0 Å². The molecule has 0 bridgehead atoms. The van der Waals surface area contributed by atoms with Crippen LogP contribution < -0.4 is 5.32 Å². The molecule has 1 aliphatic carbocycles. The van der Waals surface area contributed by atoms with Crippen molar-refractivity contribution in [2.45, 2.75) is 32.0 Å². The van der Waals surface area contributed by atoms with Crippen molar-refractivity contribution in [1.29, 1.82) is 0 Å². The Morgan fingerprint density at radius 1 is 1.48 bits per heavy atom. The number of methoxy groups -OCH3 is 1. The highest BCUT2D eigenvalue weighted by atomic mass is 79.9.